The van der Waals surface area contributed by atoms with Gasteiger partial charge in [-0.2, -0.15) is 0 Å². The molecule has 0 heterocycles. The van der Waals surface area contributed by atoms with E-state index >= 15 is 0 Å². The van der Waals surface area contributed by atoms with Gasteiger partial charge in [-0.1, -0.05) is 459 Å². The Bertz CT molecular complexity index is 2150. The van der Waals surface area contributed by atoms with Gasteiger partial charge in [-0.05, 0) is 37.5 Å². The molecule has 0 bridgehead atoms. The molecular formula is C94H184O17P2. The zero-order valence-electron chi connectivity index (χ0n) is 74.7. The van der Waals surface area contributed by atoms with E-state index in [4.69, 9.17) is 37.0 Å². The van der Waals surface area contributed by atoms with Crippen molar-refractivity contribution in [2.75, 3.05) is 39.6 Å². The van der Waals surface area contributed by atoms with Crippen LogP contribution in [0.4, 0.5) is 0 Å². The minimum absolute atomic E-state index is 0.108. The molecule has 672 valence electrons. The number of esters is 4. The summed E-state index contributed by atoms with van der Waals surface area (Å²) >= 11 is 0. The van der Waals surface area contributed by atoms with Crippen LogP contribution in [0.5, 0.6) is 0 Å². The van der Waals surface area contributed by atoms with Crippen LogP contribution in [0.1, 0.15) is 510 Å². The Morgan fingerprint density at radius 1 is 0.239 bits per heavy atom. The first-order valence-electron chi connectivity index (χ1n) is 48.5. The fourth-order valence-corrected chi connectivity index (χ4v) is 16.4. The molecule has 0 aliphatic heterocycles. The number of hydrogen-bond donors (Lipinski definition) is 3. The van der Waals surface area contributed by atoms with Gasteiger partial charge in [0.2, 0.25) is 0 Å². The normalized spacial score (nSPS) is 13.7. The topological polar surface area (TPSA) is 237 Å². The molecule has 0 amide bonds. The minimum Gasteiger partial charge on any atom is -0.462 e. The fraction of sp³-hybridized carbons (Fsp3) is 0.957. The molecular weight excluding hydrogens is 1460 g/mol. The molecule has 0 fully saturated rings. The first-order valence-corrected chi connectivity index (χ1v) is 51.5. The van der Waals surface area contributed by atoms with Crippen molar-refractivity contribution < 1.29 is 80.2 Å². The summed E-state index contributed by atoms with van der Waals surface area (Å²) in [6.07, 6.45) is 81.0. The number of hydrogen-bond acceptors (Lipinski definition) is 15. The average Bonchev–Trinajstić information content (AvgIpc) is 0.960. The van der Waals surface area contributed by atoms with E-state index in [1.54, 1.807) is 0 Å². The summed E-state index contributed by atoms with van der Waals surface area (Å²) in [4.78, 5) is 73.5. The molecule has 0 aromatic carbocycles. The molecule has 0 spiro atoms. The summed E-state index contributed by atoms with van der Waals surface area (Å²) < 4.78 is 69.1. The van der Waals surface area contributed by atoms with Crippen LogP contribution in [-0.4, -0.2) is 96.7 Å². The van der Waals surface area contributed by atoms with Crippen molar-refractivity contribution in [3.63, 3.8) is 0 Å². The largest absolute Gasteiger partial charge is 0.472 e. The highest BCUT2D eigenvalue weighted by atomic mass is 31.2. The number of rotatable bonds is 93. The van der Waals surface area contributed by atoms with Crippen molar-refractivity contribution >= 4 is 39.5 Å². The molecule has 113 heavy (non-hydrogen) atoms. The molecule has 3 N–H and O–H groups in total. The number of ether oxygens (including phenoxy) is 4. The van der Waals surface area contributed by atoms with Crippen molar-refractivity contribution in [1.29, 1.82) is 0 Å². The lowest BCUT2D eigenvalue weighted by atomic mass is 10.0. The monoisotopic (exact) mass is 1650 g/mol. The van der Waals surface area contributed by atoms with Gasteiger partial charge >= 0.3 is 39.5 Å². The van der Waals surface area contributed by atoms with Crippen molar-refractivity contribution in [2.45, 2.75) is 529 Å². The summed E-state index contributed by atoms with van der Waals surface area (Å²) in [7, 11) is -9.94. The summed E-state index contributed by atoms with van der Waals surface area (Å²) in [5.41, 5.74) is 0. The van der Waals surface area contributed by atoms with E-state index in [0.717, 1.165) is 102 Å². The predicted octanol–water partition coefficient (Wildman–Crippen LogP) is 29.4. The Balaban J connectivity index is 5.20. The van der Waals surface area contributed by atoms with Gasteiger partial charge in [0.05, 0.1) is 26.4 Å². The quantitative estimate of drug-likeness (QED) is 0.0222. The van der Waals surface area contributed by atoms with Crippen LogP contribution in [0.2, 0.25) is 0 Å². The van der Waals surface area contributed by atoms with Crippen LogP contribution in [0, 0.1) is 11.8 Å². The molecule has 0 aromatic rings. The van der Waals surface area contributed by atoms with E-state index in [1.165, 1.54) is 321 Å². The number of aliphatic hydroxyl groups excluding tert-OH is 1. The highest BCUT2D eigenvalue weighted by Crippen LogP contribution is 2.45. The standard InChI is InChI=1S/C94H184O17P2/c1-7-9-11-13-15-17-19-21-23-25-27-29-30-32-38-42-46-50-54-60-66-72-78-93(98)110-89(82-104-91(96)76-70-64-58-52-48-44-40-36-34-33-35-39-43-47-51-56-62-68-74-86(3)4)84-108-112(100,101)106-80-88(95)81-107-113(102,103)109-85-90(83-105-92(97)77-71-65-61-55-57-63-69-75-87(5)6)111-94(99)79-73-67-59-53-49-45-41-37-31-28-26-24-22-20-18-16-14-12-10-8-2/h86-90,95H,7-85H2,1-6H3,(H,100,101)(H,102,103)/t88-,89-,90-/m1/s1. The second-order valence-corrected chi connectivity index (χ2v) is 37.6. The van der Waals surface area contributed by atoms with Crippen LogP contribution >= 0.6 is 15.6 Å². The molecule has 0 radical (unpaired) electrons. The van der Waals surface area contributed by atoms with Crippen LogP contribution in [0.25, 0.3) is 0 Å². The van der Waals surface area contributed by atoms with Gasteiger partial charge in [-0.15, -0.1) is 0 Å². The maximum Gasteiger partial charge on any atom is 0.472 e. The second kappa shape index (κ2) is 85.1. The number of phosphoric acid groups is 2. The van der Waals surface area contributed by atoms with Gasteiger partial charge in [-0.25, -0.2) is 9.13 Å². The third-order valence-electron chi connectivity index (χ3n) is 22.2. The molecule has 19 heteroatoms. The maximum absolute atomic E-state index is 13.2. The number of carbonyl (C=O) groups is 4. The summed E-state index contributed by atoms with van der Waals surface area (Å²) in [6, 6.07) is 0. The summed E-state index contributed by atoms with van der Waals surface area (Å²) in [5, 5.41) is 10.7. The molecule has 2 unspecified atom stereocenters. The van der Waals surface area contributed by atoms with Crippen molar-refractivity contribution in [3.8, 4) is 0 Å². The third-order valence-corrected chi connectivity index (χ3v) is 24.1. The average molecular weight is 1650 g/mol. The van der Waals surface area contributed by atoms with E-state index in [2.05, 4.69) is 41.5 Å². The van der Waals surface area contributed by atoms with E-state index < -0.39 is 97.5 Å². The Morgan fingerprint density at radius 3 is 0.602 bits per heavy atom. The Kier molecular flexibility index (Phi) is 83.6. The molecule has 0 saturated carbocycles. The number of aliphatic hydroxyl groups is 1. The van der Waals surface area contributed by atoms with Gasteiger partial charge in [0.15, 0.2) is 12.2 Å². The van der Waals surface area contributed by atoms with E-state index in [0.29, 0.717) is 31.6 Å². The third kappa shape index (κ3) is 87.7. The number of phosphoric ester groups is 2. The maximum atomic E-state index is 13.2. The summed E-state index contributed by atoms with van der Waals surface area (Å²) in [5.74, 6) is -0.567. The van der Waals surface area contributed by atoms with Gasteiger partial charge in [0.1, 0.15) is 19.3 Å². The first kappa shape index (κ1) is 111. The van der Waals surface area contributed by atoms with E-state index in [-0.39, 0.29) is 25.7 Å². The van der Waals surface area contributed by atoms with Crippen LogP contribution in [0.3, 0.4) is 0 Å². The first-order chi connectivity index (χ1) is 54.9. The molecule has 0 aliphatic rings. The second-order valence-electron chi connectivity index (χ2n) is 34.7. The SMILES string of the molecule is CCCCCCCCCCCCCCCCCCCCCCCCC(=O)O[C@H](COC(=O)CCCCCCCCCCCCCCCCCCCCC(C)C)COP(=O)(O)OC[C@@H](O)COP(=O)(O)OC[C@@H](COC(=O)CCCCCCCCCC(C)C)OC(=O)CCCCCCCCCCCCCCCCCCCCCC. The fourth-order valence-electron chi connectivity index (χ4n) is 14.8. The van der Waals surface area contributed by atoms with Gasteiger partial charge in [-0.3, -0.25) is 37.3 Å². The Labute approximate surface area is 696 Å². The highest BCUT2D eigenvalue weighted by molar-refractivity contribution is 7.47. The molecule has 0 aliphatic carbocycles. The van der Waals surface area contributed by atoms with Gasteiger partial charge < -0.3 is 33.8 Å². The molecule has 17 nitrogen and oxygen atoms in total. The predicted molar refractivity (Wildman–Crippen MR) is 469 cm³/mol. The number of unbranched alkanes of at least 4 members (excludes halogenated alkanes) is 63. The minimum atomic E-state index is -4.97. The highest BCUT2D eigenvalue weighted by Gasteiger charge is 2.31. The molecule has 0 rings (SSSR count). The van der Waals surface area contributed by atoms with E-state index in [9.17, 15) is 43.2 Å². The van der Waals surface area contributed by atoms with Gasteiger partial charge in [0.25, 0.3) is 0 Å². The van der Waals surface area contributed by atoms with Gasteiger partial charge in [0, 0.05) is 25.7 Å². The van der Waals surface area contributed by atoms with E-state index in [1.807, 2.05) is 0 Å². The zero-order valence-corrected chi connectivity index (χ0v) is 76.5. The molecule has 0 saturated heterocycles. The Hall–Kier alpha value is -1.94. The smallest absolute Gasteiger partial charge is 0.462 e. The van der Waals surface area contributed by atoms with Crippen molar-refractivity contribution in [2.24, 2.45) is 11.8 Å². The van der Waals surface area contributed by atoms with Crippen molar-refractivity contribution in [3.05, 3.63) is 0 Å². The Morgan fingerprint density at radius 2 is 0.407 bits per heavy atom. The molecule has 0 aromatic heterocycles. The number of carbonyl (C=O) groups excluding carboxylic acids is 4. The lowest BCUT2D eigenvalue weighted by molar-refractivity contribution is -0.161. The lowest BCUT2D eigenvalue weighted by Gasteiger charge is -2.21. The lowest BCUT2D eigenvalue weighted by Crippen LogP contribution is -2.30. The molecule has 5 atom stereocenters. The van der Waals surface area contributed by atoms with Crippen molar-refractivity contribution in [1.82, 2.24) is 0 Å². The van der Waals surface area contributed by atoms with Crippen LogP contribution in [-0.2, 0) is 65.4 Å². The van der Waals surface area contributed by atoms with Crippen LogP contribution < -0.4 is 0 Å². The summed E-state index contributed by atoms with van der Waals surface area (Å²) in [6.45, 7) is 9.70. The van der Waals surface area contributed by atoms with Crippen LogP contribution in [0.15, 0.2) is 0 Å². The zero-order chi connectivity index (χ0) is 82.7.